The van der Waals surface area contributed by atoms with E-state index in [0.29, 0.717) is 6.54 Å². The minimum atomic E-state index is 0.222. The van der Waals surface area contributed by atoms with Crippen molar-refractivity contribution >= 4 is 0 Å². The van der Waals surface area contributed by atoms with Gasteiger partial charge in [-0.15, -0.1) is 0 Å². The summed E-state index contributed by atoms with van der Waals surface area (Å²) in [6, 6.07) is 7.09. The van der Waals surface area contributed by atoms with E-state index >= 15 is 0 Å². The average molecular weight is 204 g/mol. The molecule has 0 amide bonds. The number of phenolic OH excluding ortho intramolecular Hbond substituents is 1. The van der Waals surface area contributed by atoms with E-state index in [1.807, 2.05) is 12.1 Å². The molecule has 0 saturated heterocycles. The number of phenols is 1. The lowest BCUT2D eigenvalue weighted by molar-refractivity contribution is 0.477. The van der Waals surface area contributed by atoms with Crippen LogP contribution in [0.3, 0.4) is 0 Å². The van der Waals surface area contributed by atoms with Crippen molar-refractivity contribution < 1.29 is 5.11 Å². The van der Waals surface area contributed by atoms with Crippen LogP contribution in [0, 0.1) is 0 Å². The van der Waals surface area contributed by atoms with Gasteiger partial charge in [0.05, 0.1) is 11.9 Å². The summed E-state index contributed by atoms with van der Waals surface area (Å²) in [4.78, 5) is 0. The summed E-state index contributed by atoms with van der Waals surface area (Å²) in [5, 5.41) is 16.4. The Hall–Kier alpha value is -1.85. The van der Waals surface area contributed by atoms with E-state index in [0.717, 1.165) is 16.8 Å². The normalized spacial score (nSPS) is 10.5. The van der Waals surface area contributed by atoms with Gasteiger partial charge < -0.3 is 5.11 Å². The van der Waals surface area contributed by atoms with Gasteiger partial charge in [0.2, 0.25) is 0 Å². The first-order valence-electron chi connectivity index (χ1n) is 4.57. The van der Waals surface area contributed by atoms with Crippen LogP contribution in [-0.4, -0.2) is 15.3 Å². The Morgan fingerprint density at radius 1 is 1.40 bits per heavy atom. The zero-order valence-corrected chi connectivity index (χ0v) is 8.07. The van der Waals surface area contributed by atoms with Gasteiger partial charge in [-0.05, 0) is 12.1 Å². The molecule has 0 unspecified atom stereocenters. The largest absolute Gasteiger partial charge is 0.507 e. The van der Waals surface area contributed by atoms with Gasteiger partial charge in [-0.3, -0.25) is 16.4 Å². The van der Waals surface area contributed by atoms with Crippen LogP contribution in [0.4, 0.5) is 0 Å². The van der Waals surface area contributed by atoms with Gasteiger partial charge >= 0.3 is 0 Å². The van der Waals surface area contributed by atoms with Crippen LogP contribution < -0.4 is 11.3 Å². The lowest BCUT2D eigenvalue weighted by Gasteiger charge is -2.04. The summed E-state index contributed by atoms with van der Waals surface area (Å²) in [5.74, 6) is 5.47. The predicted octanol–water partition coefficient (Wildman–Crippen LogP) is 0.746. The van der Waals surface area contributed by atoms with Crippen LogP contribution in [-0.2, 0) is 6.54 Å². The van der Waals surface area contributed by atoms with Gasteiger partial charge in [-0.2, -0.15) is 5.10 Å². The number of aromatic hydroxyl groups is 1. The molecule has 0 atom stereocenters. The van der Waals surface area contributed by atoms with Crippen molar-refractivity contribution in [2.24, 2.45) is 5.84 Å². The molecule has 0 bridgehead atoms. The summed E-state index contributed by atoms with van der Waals surface area (Å²) in [6.07, 6.45) is 1.68. The van der Waals surface area contributed by atoms with Crippen molar-refractivity contribution in [2.45, 2.75) is 6.54 Å². The van der Waals surface area contributed by atoms with Crippen molar-refractivity contribution in [1.29, 1.82) is 0 Å². The highest BCUT2D eigenvalue weighted by molar-refractivity contribution is 5.69. The molecule has 0 aliphatic heterocycles. The maximum absolute atomic E-state index is 9.68. The minimum absolute atomic E-state index is 0.222. The second kappa shape index (κ2) is 4.12. The number of H-pyrrole nitrogens is 1. The summed E-state index contributed by atoms with van der Waals surface area (Å²) >= 11 is 0. The predicted molar refractivity (Wildman–Crippen MR) is 56.7 cm³/mol. The highest BCUT2D eigenvalue weighted by Gasteiger charge is 2.09. The molecule has 2 rings (SSSR count). The van der Waals surface area contributed by atoms with Gasteiger partial charge in [-0.25, -0.2) is 0 Å². The number of nitrogens with zero attached hydrogens (tertiary/aromatic N) is 1. The first kappa shape index (κ1) is 9.70. The SMILES string of the molecule is NNCc1cn[nH]c1-c1ccccc1O. The maximum Gasteiger partial charge on any atom is 0.124 e. The number of rotatable bonds is 3. The van der Waals surface area contributed by atoms with Crippen LogP contribution in [0.1, 0.15) is 5.56 Å². The van der Waals surface area contributed by atoms with E-state index < -0.39 is 0 Å². The molecule has 0 fully saturated rings. The van der Waals surface area contributed by atoms with E-state index in [1.165, 1.54) is 0 Å². The number of hydrogen-bond donors (Lipinski definition) is 4. The zero-order chi connectivity index (χ0) is 10.7. The maximum atomic E-state index is 9.68. The monoisotopic (exact) mass is 204 g/mol. The molecule has 15 heavy (non-hydrogen) atoms. The van der Waals surface area contributed by atoms with Gasteiger partial charge in [0, 0.05) is 17.7 Å². The van der Waals surface area contributed by atoms with Crippen molar-refractivity contribution in [3.05, 3.63) is 36.0 Å². The lowest BCUT2D eigenvalue weighted by Crippen LogP contribution is -2.20. The number of hydrazine groups is 1. The molecule has 1 aromatic heterocycles. The number of nitrogens with one attached hydrogen (secondary N) is 2. The van der Waals surface area contributed by atoms with Crippen LogP contribution in [0.15, 0.2) is 30.5 Å². The molecular weight excluding hydrogens is 192 g/mol. The van der Waals surface area contributed by atoms with Crippen LogP contribution in [0.2, 0.25) is 0 Å². The van der Waals surface area contributed by atoms with Gasteiger partial charge in [0.1, 0.15) is 5.75 Å². The fourth-order valence-corrected chi connectivity index (χ4v) is 1.47. The smallest absolute Gasteiger partial charge is 0.124 e. The molecule has 0 radical (unpaired) electrons. The third-order valence-electron chi connectivity index (χ3n) is 2.18. The van der Waals surface area contributed by atoms with Gasteiger partial charge in [0.25, 0.3) is 0 Å². The Bertz CT molecular complexity index is 452. The highest BCUT2D eigenvalue weighted by atomic mass is 16.3. The molecule has 5 nitrogen and oxygen atoms in total. The van der Waals surface area contributed by atoms with E-state index in [2.05, 4.69) is 15.6 Å². The topological polar surface area (TPSA) is 87.0 Å². The molecule has 0 aliphatic rings. The molecule has 1 aromatic carbocycles. The third-order valence-corrected chi connectivity index (χ3v) is 2.18. The van der Waals surface area contributed by atoms with E-state index in [-0.39, 0.29) is 5.75 Å². The van der Waals surface area contributed by atoms with Gasteiger partial charge in [-0.1, -0.05) is 12.1 Å². The van der Waals surface area contributed by atoms with Crippen molar-refractivity contribution in [2.75, 3.05) is 0 Å². The molecule has 5 heteroatoms. The highest BCUT2D eigenvalue weighted by Crippen LogP contribution is 2.29. The molecule has 0 aliphatic carbocycles. The van der Waals surface area contributed by atoms with Crippen molar-refractivity contribution in [1.82, 2.24) is 15.6 Å². The fourth-order valence-electron chi connectivity index (χ4n) is 1.47. The molecule has 78 valence electrons. The van der Waals surface area contributed by atoms with Crippen LogP contribution in [0.25, 0.3) is 11.3 Å². The second-order valence-electron chi connectivity index (χ2n) is 3.17. The second-order valence-corrected chi connectivity index (χ2v) is 3.17. The summed E-state index contributed by atoms with van der Waals surface area (Å²) in [6.45, 7) is 0.500. The number of nitrogens with two attached hydrogens (primary N) is 1. The fraction of sp³-hybridized carbons (Fsp3) is 0.100. The van der Waals surface area contributed by atoms with Gasteiger partial charge in [0.15, 0.2) is 0 Å². The van der Waals surface area contributed by atoms with Crippen molar-refractivity contribution in [3.8, 4) is 17.0 Å². The number of hydrogen-bond acceptors (Lipinski definition) is 4. The Morgan fingerprint density at radius 3 is 2.93 bits per heavy atom. The standard InChI is InChI=1S/C10H12N4O/c11-12-5-7-6-13-14-10(7)8-3-1-2-4-9(8)15/h1-4,6,12,15H,5,11H2,(H,13,14). The summed E-state index contributed by atoms with van der Waals surface area (Å²) in [5.41, 5.74) is 4.98. The molecule has 5 N–H and O–H groups in total. The van der Waals surface area contributed by atoms with E-state index in [4.69, 9.17) is 5.84 Å². The minimum Gasteiger partial charge on any atom is -0.507 e. The average Bonchev–Trinajstić information content (AvgIpc) is 2.67. The Kier molecular flexibility index (Phi) is 2.66. The first-order valence-corrected chi connectivity index (χ1v) is 4.57. The molecule has 2 aromatic rings. The quantitative estimate of drug-likeness (QED) is 0.439. The number of aromatic nitrogens is 2. The first-order chi connectivity index (χ1) is 7.33. The molecule has 1 heterocycles. The van der Waals surface area contributed by atoms with Crippen LogP contribution in [0.5, 0.6) is 5.75 Å². The third kappa shape index (κ3) is 1.83. The van der Waals surface area contributed by atoms with E-state index in [1.54, 1.807) is 18.3 Å². The lowest BCUT2D eigenvalue weighted by atomic mass is 10.1. The summed E-state index contributed by atoms with van der Waals surface area (Å²) < 4.78 is 0. The number of benzene rings is 1. The Balaban J connectivity index is 2.45. The summed E-state index contributed by atoms with van der Waals surface area (Å²) in [7, 11) is 0. The zero-order valence-electron chi connectivity index (χ0n) is 8.07. The molecule has 0 spiro atoms. The molecular formula is C10H12N4O. The number of aromatic amines is 1. The Labute approximate surface area is 86.9 Å². The molecule has 0 saturated carbocycles. The van der Waals surface area contributed by atoms with Crippen molar-refractivity contribution in [3.63, 3.8) is 0 Å². The number of para-hydroxylation sites is 1. The Morgan fingerprint density at radius 2 is 2.20 bits per heavy atom. The van der Waals surface area contributed by atoms with E-state index in [9.17, 15) is 5.11 Å². The van der Waals surface area contributed by atoms with Crippen LogP contribution >= 0.6 is 0 Å².